The molecule has 0 saturated carbocycles. The number of phenols is 1. The average molecular weight is 220 g/mol. The number of hydrogen-bond acceptors (Lipinski definition) is 3. The highest BCUT2D eigenvalue weighted by Crippen LogP contribution is 2.17. The lowest BCUT2D eigenvalue weighted by atomic mass is 10.2. The number of rotatable bonds is 4. The van der Waals surface area contributed by atoms with E-state index in [1.165, 1.54) is 19.3 Å². The molecule has 16 heavy (non-hydrogen) atoms. The largest absolute Gasteiger partial charge is 0.507 e. The molecular formula is C12H12O4. The van der Waals surface area contributed by atoms with E-state index in [-0.39, 0.29) is 11.5 Å². The molecule has 0 bridgehead atoms. The Morgan fingerprint density at radius 2 is 2.06 bits per heavy atom. The maximum absolute atomic E-state index is 10.6. The van der Waals surface area contributed by atoms with Gasteiger partial charge in [-0.3, -0.25) is 0 Å². The van der Waals surface area contributed by atoms with Crippen LogP contribution in [0.5, 0.6) is 5.75 Å². The Kier molecular flexibility index (Phi) is 4.15. The summed E-state index contributed by atoms with van der Waals surface area (Å²) in [4.78, 5) is 10.6. The molecule has 1 aromatic carbocycles. The second kappa shape index (κ2) is 5.60. The number of para-hydroxylation sites is 1. The lowest BCUT2D eigenvalue weighted by Crippen LogP contribution is -2.01. The zero-order valence-electron chi connectivity index (χ0n) is 8.75. The van der Waals surface area contributed by atoms with E-state index in [1.54, 1.807) is 30.3 Å². The van der Waals surface area contributed by atoms with Gasteiger partial charge < -0.3 is 14.9 Å². The van der Waals surface area contributed by atoms with E-state index < -0.39 is 5.97 Å². The smallest absolute Gasteiger partial charge is 0.371 e. The lowest BCUT2D eigenvalue weighted by Gasteiger charge is -1.98. The summed E-state index contributed by atoms with van der Waals surface area (Å²) >= 11 is 0. The van der Waals surface area contributed by atoms with Gasteiger partial charge >= 0.3 is 5.97 Å². The van der Waals surface area contributed by atoms with Gasteiger partial charge in [0.25, 0.3) is 0 Å². The number of carbonyl (C=O) groups is 1. The normalized spacial score (nSPS) is 11.7. The van der Waals surface area contributed by atoms with Crippen LogP contribution in [0, 0.1) is 0 Å². The Labute approximate surface area is 93.1 Å². The SMILES string of the molecule is COC(=CC=Cc1ccccc1O)C(=O)O. The molecule has 84 valence electrons. The van der Waals surface area contributed by atoms with Gasteiger partial charge in [0.1, 0.15) is 5.75 Å². The Balaban J connectivity index is 2.82. The highest BCUT2D eigenvalue weighted by atomic mass is 16.5. The van der Waals surface area contributed by atoms with Crippen molar-refractivity contribution in [3.05, 3.63) is 47.7 Å². The van der Waals surface area contributed by atoms with Gasteiger partial charge in [-0.2, -0.15) is 0 Å². The zero-order chi connectivity index (χ0) is 12.0. The predicted molar refractivity (Wildman–Crippen MR) is 59.9 cm³/mol. The van der Waals surface area contributed by atoms with E-state index in [0.29, 0.717) is 5.56 Å². The van der Waals surface area contributed by atoms with Crippen LogP contribution < -0.4 is 0 Å². The Bertz CT molecular complexity index is 432. The number of carboxylic acid groups (broad SMARTS) is 1. The summed E-state index contributed by atoms with van der Waals surface area (Å²) in [5.41, 5.74) is 0.611. The fraction of sp³-hybridized carbons (Fsp3) is 0.0833. The molecule has 0 aromatic heterocycles. The maximum Gasteiger partial charge on any atom is 0.371 e. The van der Waals surface area contributed by atoms with Gasteiger partial charge in [0, 0.05) is 5.56 Å². The molecule has 4 heteroatoms. The summed E-state index contributed by atoms with van der Waals surface area (Å²) in [6, 6.07) is 6.75. The third kappa shape index (κ3) is 3.16. The highest BCUT2D eigenvalue weighted by molar-refractivity contribution is 5.84. The van der Waals surface area contributed by atoms with Crippen LogP contribution in [0.15, 0.2) is 42.2 Å². The van der Waals surface area contributed by atoms with Crippen LogP contribution in [0.25, 0.3) is 6.08 Å². The number of ether oxygens (including phenoxy) is 1. The third-order valence-electron chi connectivity index (χ3n) is 1.89. The fourth-order valence-electron chi connectivity index (χ4n) is 1.09. The van der Waals surface area contributed by atoms with Crippen LogP contribution in [0.3, 0.4) is 0 Å². The van der Waals surface area contributed by atoms with Gasteiger partial charge in [-0.25, -0.2) is 4.79 Å². The van der Waals surface area contributed by atoms with Crippen molar-refractivity contribution in [1.82, 2.24) is 0 Å². The first kappa shape index (κ1) is 11.8. The van der Waals surface area contributed by atoms with E-state index in [1.807, 2.05) is 0 Å². The number of aromatic hydroxyl groups is 1. The molecule has 0 spiro atoms. The minimum Gasteiger partial charge on any atom is -0.507 e. The molecule has 0 aliphatic rings. The topological polar surface area (TPSA) is 66.8 Å². The molecule has 0 atom stereocenters. The van der Waals surface area contributed by atoms with Gasteiger partial charge in [-0.15, -0.1) is 0 Å². The molecule has 1 aromatic rings. The van der Waals surface area contributed by atoms with Crippen molar-refractivity contribution in [3.63, 3.8) is 0 Å². The van der Waals surface area contributed by atoms with Crippen molar-refractivity contribution in [2.75, 3.05) is 7.11 Å². The van der Waals surface area contributed by atoms with Gasteiger partial charge in [-0.05, 0) is 12.1 Å². The molecule has 0 unspecified atom stereocenters. The van der Waals surface area contributed by atoms with Crippen molar-refractivity contribution in [1.29, 1.82) is 0 Å². The van der Waals surface area contributed by atoms with Gasteiger partial charge in [0.2, 0.25) is 5.76 Å². The summed E-state index contributed by atoms with van der Waals surface area (Å²) in [7, 11) is 1.29. The van der Waals surface area contributed by atoms with Crippen molar-refractivity contribution < 1.29 is 19.7 Å². The summed E-state index contributed by atoms with van der Waals surface area (Å²) < 4.78 is 4.63. The Morgan fingerprint density at radius 1 is 1.38 bits per heavy atom. The minimum absolute atomic E-state index is 0.140. The molecule has 0 radical (unpaired) electrons. The molecule has 0 fully saturated rings. The monoisotopic (exact) mass is 220 g/mol. The van der Waals surface area contributed by atoms with E-state index in [4.69, 9.17) is 5.11 Å². The maximum atomic E-state index is 10.6. The zero-order valence-corrected chi connectivity index (χ0v) is 8.75. The van der Waals surface area contributed by atoms with Crippen LogP contribution in [-0.2, 0) is 9.53 Å². The van der Waals surface area contributed by atoms with Crippen LogP contribution in [0.1, 0.15) is 5.56 Å². The van der Waals surface area contributed by atoms with E-state index in [2.05, 4.69) is 4.74 Å². The molecule has 0 heterocycles. The number of aliphatic carboxylic acids is 1. The Hall–Kier alpha value is -2.23. The summed E-state index contributed by atoms with van der Waals surface area (Å²) in [6.45, 7) is 0. The van der Waals surface area contributed by atoms with Gasteiger partial charge in [0.15, 0.2) is 0 Å². The number of methoxy groups -OCH3 is 1. The van der Waals surface area contributed by atoms with E-state index in [0.717, 1.165) is 0 Å². The third-order valence-corrected chi connectivity index (χ3v) is 1.89. The average Bonchev–Trinajstić information content (AvgIpc) is 2.26. The standard InChI is InChI=1S/C12H12O4/c1-16-11(12(14)15)8-4-6-9-5-2-3-7-10(9)13/h2-8,13H,1H3,(H,14,15). The molecule has 0 saturated heterocycles. The number of allylic oxidation sites excluding steroid dienone is 2. The molecule has 4 nitrogen and oxygen atoms in total. The molecule has 0 amide bonds. The first-order valence-electron chi connectivity index (χ1n) is 4.59. The van der Waals surface area contributed by atoms with Crippen LogP contribution >= 0.6 is 0 Å². The predicted octanol–water partition coefficient (Wildman–Crippen LogP) is 2.02. The van der Waals surface area contributed by atoms with Crippen molar-refractivity contribution in [2.24, 2.45) is 0 Å². The van der Waals surface area contributed by atoms with Gasteiger partial charge in [0.05, 0.1) is 7.11 Å². The van der Waals surface area contributed by atoms with Crippen LogP contribution in [0.2, 0.25) is 0 Å². The summed E-state index contributed by atoms with van der Waals surface area (Å²) in [5.74, 6) is -1.16. The number of phenolic OH excluding ortho intramolecular Hbond substituents is 1. The summed E-state index contributed by atoms with van der Waals surface area (Å²) in [6.07, 6.45) is 4.41. The van der Waals surface area contributed by atoms with Crippen LogP contribution in [0.4, 0.5) is 0 Å². The van der Waals surface area contributed by atoms with Crippen LogP contribution in [-0.4, -0.2) is 23.3 Å². The van der Waals surface area contributed by atoms with Crippen molar-refractivity contribution in [3.8, 4) is 5.75 Å². The number of carboxylic acids is 1. The lowest BCUT2D eigenvalue weighted by molar-refractivity contribution is -0.136. The highest BCUT2D eigenvalue weighted by Gasteiger charge is 2.03. The Morgan fingerprint density at radius 3 is 2.62 bits per heavy atom. The van der Waals surface area contributed by atoms with Crippen molar-refractivity contribution in [2.45, 2.75) is 0 Å². The van der Waals surface area contributed by atoms with E-state index in [9.17, 15) is 9.90 Å². The van der Waals surface area contributed by atoms with Gasteiger partial charge in [-0.1, -0.05) is 30.4 Å². The molecule has 0 aliphatic heterocycles. The number of benzene rings is 1. The first-order valence-corrected chi connectivity index (χ1v) is 4.59. The minimum atomic E-state index is -1.13. The van der Waals surface area contributed by atoms with Crippen molar-refractivity contribution >= 4 is 12.0 Å². The molecule has 0 aliphatic carbocycles. The second-order valence-electron chi connectivity index (χ2n) is 2.96. The first-order chi connectivity index (χ1) is 7.65. The fourth-order valence-corrected chi connectivity index (χ4v) is 1.09. The quantitative estimate of drug-likeness (QED) is 0.463. The second-order valence-corrected chi connectivity index (χ2v) is 2.96. The summed E-state index contributed by atoms with van der Waals surface area (Å²) in [5, 5.41) is 18.1. The molecular weight excluding hydrogens is 208 g/mol. The molecule has 2 N–H and O–H groups in total. The van der Waals surface area contributed by atoms with E-state index >= 15 is 0 Å². The number of hydrogen-bond donors (Lipinski definition) is 2. The molecule has 1 rings (SSSR count).